The van der Waals surface area contributed by atoms with Crippen LogP contribution in [0, 0.1) is 0 Å². The van der Waals surface area contributed by atoms with Gasteiger partial charge in [-0.25, -0.2) is 4.98 Å². The maximum absolute atomic E-state index is 5.97. The van der Waals surface area contributed by atoms with Crippen molar-refractivity contribution in [1.82, 2.24) is 9.97 Å². The monoisotopic (exact) mass is 257 g/mol. The average Bonchev–Trinajstić information content (AvgIpc) is 2.39. The molecule has 0 aliphatic carbocycles. The second-order valence-electron chi connectivity index (χ2n) is 4.64. The van der Waals surface area contributed by atoms with Crippen molar-refractivity contribution in [3.8, 4) is 0 Å². The molecule has 1 aromatic heterocycles. The first kappa shape index (κ1) is 13.3. The van der Waals surface area contributed by atoms with E-state index in [0.29, 0.717) is 5.95 Å². The van der Waals surface area contributed by atoms with Crippen LogP contribution < -0.4 is 16.0 Å². The summed E-state index contributed by atoms with van der Waals surface area (Å²) in [4.78, 5) is 10.5. The molecule has 100 valence electrons. The van der Waals surface area contributed by atoms with E-state index in [1.165, 1.54) is 0 Å². The van der Waals surface area contributed by atoms with E-state index in [1.54, 1.807) is 6.20 Å². The van der Waals surface area contributed by atoms with Crippen LogP contribution in [0.15, 0.2) is 36.5 Å². The van der Waals surface area contributed by atoms with Crippen molar-refractivity contribution in [3.63, 3.8) is 0 Å². The summed E-state index contributed by atoms with van der Waals surface area (Å²) in [5.41, 5.74) is 8.00. The maximum Gasteiger partial charge on any atom is 0.226 e. The van der Waals surface area contributed by atoms with Crippen LogP contribution in [-0.2, 0) is 0 Å². The quantitative estimate of drug-likeness (QED) is 0.879. The fourth-order valence-electron chi connectivity index (χ4n) is 1.78. The molecule has 1 heterocycles. The van der Waals surface area contributed by atoms with Crippen LogP contribution in [0.4, 0.5) is 17.5 Å². The van der Waals surface area contributed by atoms with Crippen molar-refractivity contribution in [1.29, 1.82) is 0 Å². The molecule has 0 fully saturated rings. The van der Waals surface area contributed by atoms with Crippen LogP contribution in [0.25, 0.3) is 0 Å². The highest BCUT2D eigenvalue weighted by molar-refractivity contribution is 5.61. The number of aromatic nitrogens is 2. The Morgan fingerprint density at radius 2 is 1.95 bits per heavy atom. The Morgan fingerprint density at radius 1 is 1.21 bits per heavy atom. The minimum absolute atomic E-state index is 0.0288. The number of benzene rings is 1. The Labute approximate surface area is 113 Å². The fraction of sp³-hybridized carbons (Fsp3) is 0.286. The zero-order chi connectivity index (χ0) is 13.8. The molecule has 3 N–H and O–H groups in total. The van der Waals surface area contributed by atoms with Gasteiger partial charge in [-0.2, -0.15) is 4.98 Å². The third-order valence-corrected chi connectivity index (χ3v) is 2.76. The zero-order valence-corrected chi connectivity index (χ0v) is 11.5. The predicted molar refractivity (Wildman–Crippen MR) is 78.7 cm³/mol. The molecular formula is C14H19N5. The van der Waals surface area contributed by atoms with Gasteiger partial charge in [-0.05, 0) is 24.6 Å². The van der Waals surface area contributed by atoms with E-state index < -0.39 is 0 Å². The van der Waals surface area contributed by atoms with Gasteiger partial charge in [-0.1, -0.05) is 18.2 Å². The summed E-state index contributed by atoms with van der Waals surface area (Å²) in [7, 11) is 3.82. The Balaban J connectivity index is 2.29. The van der Waals surface area contributed by atoms with Gasteiger partial charge in [0.2, 0.25) is 5.95 Å². The van der Waals surface area contributed by atoms with E-state index >= 15 is 0 Å². The summed E-state index contributed by atoms with van der Waals surface area (Å²) >= 11 is 0. The SMILES string of the molecule is CC(N)c1ccccc1Nc1ccnc(N(C)C)n1. The molecule has 2 aromatic rings. The Kier molecular flexibility index (Phi) is 3.97. The van der Waals surface area contributed by atoms with Crippen molar-refractivity contribution in [2.45, 2.75) is 13.0 Å². The van der Waals surface area contributed by atoms with Gasteiger partial charge in [0.25, 0.3) is 0 Å². The molecule has 5 nitrogen and oxygen atoms in total. The molecule has 19 heavy (non-hydrogen) atoms. The summed E-state index contributed by atoms with van der Waals surface area (Å²) in [6.07, 6.45) is 1.74. The van der Waals surface area contributed by atoms with Crippen molar-refractivity contribution < 1.29 is 0 Å². The van der Waals surface area contributed by atoms with E-state index in [9.17, 15) is 0 Å². The zero-order valence-electron chi connectivity index (χ0n) is 11.5. The van der Waals surface area contributed by atoms with Crippen molar-refractivity contribution in [3.05, 3.63) is 42.1 Å². The largest absolute Gasteiger partial charge is 0.347 e. The average molecular weight is 257 g/mol. The molecule has 0 aliphatic heterocycles. The highest BCUT2D eigenvalue weighted by Gasteiger charge is 2.07. The second kappa shape index (κ2) is 5.67. The third-order valence-electron chi connectivity index (χ3n) is 2.76. The first-order chi connectivity index (χ1) is 9.08. The number of nitrogens with two attached hydrogens (primary N) is 1. The number of hydrogen-bond donors (Lipinski definition) is 2. The van der Waals surface area contributed by atoms with Crippen LogP contribution in [0.3, 0.4) is 0 Å². The molecule has 1 unspecified atom stereocenters. The molecular weight excluding hydrogens is 238 g/mol. The van der Waals surface area contributed by atoms with Crippen molar-refractivity contribution in [2.75, 3.05) is 24.3 Å². The van der Waals surface area contributed by atoms with Crippen LogP contribution in [0.1, 0.15) is 18.5 Å². The minimum atomic E-state index is -0.0288. The molecule has 0 saturated carbocycles. The lowest BCUT2D eigenvalue weighted by Crippen LogP contribution is -2.13. The Morgan fingerprint density at radius 3 is 2.63 bits per heavy atom. The molecule has 0 spiro atoms. The third kappa shape index (κ3) is 3.20. The summed E-state index contributed by atoms with van der Waals surface area (Å²) < 4.78 is 0. The van der Waals surface area contributed by atoms with Crippen LogP contribution in [0.5, 0.6) is 0 Å². The number of rotatable bonds is 4. The Bertz CT molecular complexity index is 551. The molecule has 1 atom stereocenters. The molecule has 2 rings (SSSR count). The van der Waals surface area contributed by atoms with Gasteiger partial charge in [0, 0.05) is 32.0 Å². The van der Waals surface area contributed by atoms with Gasteiger partial charge in [-0.15, -0.1) is 0 Å². The fourth-order valence-corrected chi connectivity index (χ4v) is 1.78. The summed E-state index contributed by atoms with van der Waals surface area (Å²) in [5, 5.41) is 3.29. The lowest BCUT2D eigenvalue weighted by molar-refractivity contribution is 0.820. The first-order valence-corrected chi connectivity index (χ1v) is 6.20. The smallest absolute Gasteiger partial charge is 0.226 e. The molecule has 0 saturated heterocycles. The minimum Gasteiger partial charge on any atom is -0.347 e. The first-order valence-electron chi connectivity index (χ1n) is 6.20. The molecule has 5 heteroatoms. The molecule has 0 bridgehead atoms. The van der Waals surface area contributed by atoms with E-state index in [4.69, 9.17) is 5.73 Å². The van der Waals surface area contributed by atoms with Gasteiger partial charge >= 0.3 is 0 Å². The van der Waals surface area contributed by atoms with Gasteiger partial charge < -0.3 is 16.0 Å². The lowest BCUT2D eigenvalue weighted by Gasteiger charge is -2.15. The lowest BCUT2D eigenvalue weighted by atomic mass is 10.1. The number of para-hydroxylation sites is 1. The summed E-state index contributed by atoms with van der Waals surface area (Å²) in [6.45, 7) is 1.96. The van der Waals surface area contributed by atoms with Crippen molar-refractivity contribution in [2.24, 2.45) is 5.73 Å². The maximum atomic E-state index is 5.97. The predicted octanol–water partition coefficient (Wildman–Crippen LogP) is 2.31. The molecule has 1 aromatic carbocycles. The number of nitrogens with zero attached hydrogens (tertiary/aromatic N) is 3. The van der Waals surface area contributed by atoms with Crippen molar-refractivity contribution >= 4 is 17.5 Å². The topological polar surface area (TPSA) is 67.1 Å². The Hall–Kier alpha value is -2.14. The standard InChI is InChI=1S/C14H19N5/c1-10(15)11-6-4-5-7-12(11)17-13-8-9-16-14(18-13)19(2)3/h4-10H,15H2,1-3H3,(H,16,17,18). The molecule has 0 aliphatic rings. The summed E-state index contributed by atoms with van der Waals surface area (Å²) in [6, 6.07) is 9.78. The normalized spacial score (nSPS) is 12.0. The molecule has 0 radical (unpaired) electrons. The van der Waals surface area contributed by atoms with Crippen LogP contribution in [0.2, 0.25) is 0 Å². The highest BCUT2D eigenvalue weighted by Crippen LogP contribution is 2.24. The molecule has 0 amide bonds. The summed E-state index contributed by atoms with van der Waals surface area (Å²) in [5.74, 6) is 1.43. The number of nitrogens with one attached hydrogen (secondary N) is 1. The van der Waals surface area contributed by atoms with Crippen LogP contribution in [-0.4, -0.2) is 24.1 Å². The van der Waals surface area contributed by atoms with Gasteiger partial charge in [0.15, 0.2) is 0 Å². The van der Waals surface area contributed by atoms with E-state index in [0.717, 1.165) is 17.1 Å². The second-order valence-corrected chi connectivity index (χ2v) is 4.64. The van der Waals surface area contributed by atoms with E-state index in [1.807, 2.05) is 56.3 Å². The van der Waals surface area contributed by atoms with Crippen LogP contribution >= 0.6 is 0 Å². The number of anilines is 3. The highest BCUT2D eigenvalue weighted by atomic mass is 15.2. The number of hydrogen-bond acceptors (Lipinski definition) is 5. The van der Waals surface area contributed by atoms with Gasteiger partial charge in [-0.3, -0.25) is 0 Å². The van der Waals surface area contributed by atoms with Gasteiger partial charge in [0.05, 0.1) is 0 Å². The van der Waals surface area contributed by atoms with Gasteiger partial charge in [0.1, 0.15) is 5.82 Å². The van der Waals surface area contributed by atoms with E-state index in [2.05, 4.69) is 15.3 Å². The van der Waals surface area contributed by atoms with E-state index in [-0.39, 0.29) is 6.04 Å².